The Bertz CT molecular complexity index is 493. The third kappa shape index (κ3) is 2.01. The largest absolute Gasteiger partial charge is 0.248 e. The summed E-state index contributed by atoms with van der Waals surface area (Å²) < 4.78 is 3.98. The molecule has 4 nitrogen and oxygen atoms in total. The van der Waals surface area contributed by atoms with Crippen molar-refractivity contribution >= 4 is 0 Å². The molecule has 0 aliphatic carbocycles. The van der Waals surface area contributed by atoms with Gasteiger partial charge in [-0.25, -0.2) is 9.36 Å². The van der Waals surface area contributed by atoms with Gasteiger partial charge >= 0.3 is 0 Å². The first-order valence-electron chi connectivity index (χ1n) is 5.64. The zero-order valence-corrected chi connectivity index (χ0v) is 10.4. The van der Waals surface area contributed by atoms with Crippen molar-refractivity contribution in [2.45, 2.75) is 40.8 Å². The summed E-state index contributed by atoms with van der Waals surface area (Å²) >= 11 is 0. The lowest BCUT2D eigenvalue weighted by Crippen LogP contribution is -2.13. The van der Waals surface area contributed by atoms with Crippen molar-refractivity contribution in [3.63, 3.8) is 0 Å². The Balaban J connectivity index is 2.26. The lowest BCUT2D eigenvalue weighted by atomic mass is 10.3. The van der Waals surface area contributed by atoms with E-state index in [1.807, 2.05) is 16.3 Å². The lowest BCUT2D eigenvalue weighted by molar-refractivity contribution is 0.479. The first kappa shape index (κ1) is 10.9. The van der Waals surface area contributed by atoms with Crippen LogP contribution in [0.25, 0.3) is 0 Å². The number of aromatic nitrogens is 4. The fourth-order valence-corrected chi connectivity index (χ4v) is 1.84. The summed E-state index contributed by atoms with van der Waals surface area (Å²) in [6, 6.07) is 4.21. The Labute approximate surface area is 95.9 Å². The standard InChI is InChI=1S/C12H18N4/c1-5-12-7-11(4)16(14-12)8-15-10(3)6-9(2)13-15/h6-7H,5,8H2,1-4H3. The van der Waals surface area contributed by atoms with Gasteiger partial charge in [0.05, 0.1) is 11.4 Å². The predicted octanol–water partition coefficient (Wildman–Crippen LogP) is 2.07. The van der Waals surface area contributed by atoms with Crippen LogP contribution >= 0.6 is 0 Å². The second-order valence-corrected chi connectivity index (χ2v) is 4.20. The summed E-state index contributed by atoms with van der Waals surface area (Å²) in [6.45, 7) is 8.98. The summed E-state index contributed by atoms with van der Waals surface area (Å²) in [5.41, 5.74) is 4.55. The van der Waals surface area contributed by atoms with Gasteiger partial charge in [-0.2, -0.15) is 10.2 Å². The normalized spacial score (nSPS) is 11.0. The topological polar surface area (TPSA) is 35.6 Å². The van der Waals surface area contributed by atoms with Gasteiger partial charge in [0.1, 0.15) is 6.67 Å². The molecule has 86 valence electrons. The fourth-order valence-electron chi connectivity index (χ4n) is 1.84. The number of nitrogens with zero attached hydrogens (tertiary/aromatic N) is 4. The quantitative estimate of drug-likeness (QED) is 0.790. The third-order valence-electron chi connectivity index (χ3n) is 2.77. The SMILES string of the molecule is CCc1cc(C)n(Cn2nc(C)cc2C)n1. The maximum Gasteiger partial charge on any atom is 0.133 e. The molecule has 16 heavy (non-hydrogen) atoms. The molecule has 0 bridgehead atoms. The van der Waals surface area contributed by atoms with Crippen LogP contribution in [-0.2, 0) is 13.1 Å². The van der Waals surface area contributed by atoms with Crippen molar-refractivity contribution in [3.05, 3.63) is 34.9 Å². The number of hydrogen-bond donors (Lipinski definition) is 0. The molecule has 4 heteroatoms. The second-order valence-electron chi connectivity index (χ2n) is 4.20. The third-order valence-corrected chi connectivity index (χ3v) is 2.77. The van der Waals surface area contributed by atoms with E-state index in [0.29, 0.717) is 6.67 Å². The molecule has 0 aliphatic rings. The number of rotatable bonds is 3. The van der Waals surface area contributed by atoms with Gasteiger partial charge in [-0.3, -0.25) is 0 Å². The Morgan fingerprint density at radius 3 is 2.12 bits per heavy atom. The Morgan fingerprint density at radius 2 is 1.62 bits per heavy atom. The molecule has 0 amide bonds. The summed E-state index contributed by atoms with van der Waals surface area (Å²) in [5, 5.41) is 8.97. The molecule has 2 rings (SSSR count). The van der Waals surface area contributed by atoms with E-state index in [0.717, 1.165) is 17.8 Å². The Kier molecular flexibility index (Phi) is 2.81. The van der Waals surface area contributed by atoms with Gasteiger partial charge < -0.3 is 0 Å². The minimum Gasteiger partial charge on any atom is -0.248 e. The molecule has 0 unspecified atom stereocenters. The maximum absolute atomic E-state index is 4.53. The molecule has 2 aromatic heterocycles. The fraction of sp³-hybridized carbons (Fsp3) is 0.500. The first-order valence-corrected chi connectivity index (χ1v) is 5.64. The van der Waals surface area contributed by atoms with Crippen LogP contribution in [0.5, 0.6) is 0 Å². The van der Waals surface area contributed by atoms with Crippen LogP contribution in [0, 0.1) is 20.8 Å². The number of aryl methyl sites for hydroxylation is 4. The molecule has 0 aliphatic heterocycles. The van der Waals surface area contributed by atoms with E-state index in [2.05, 4.69) is 43.1 Å². The average Bonchev–Trinajstić information content (AvgIpc) is 2.72. The summed E-state index contributed by atoms with van der Waals surface area (Å²) in [4.78, 5) is 0. The van der Waals surface area contributed by atoms with Crippen molar-refractivity contribution in [2.75, 3.05) is 0 Å². The van der Waals surface area contributed by atoms with Gasteiger partial charge in [-0.15, -0.1) is 0 Å². The molecule has 0 N–H and O–H groups in total. The minimum absolute atomic E-state index is 0.700. The van der Waals surface area contributed by atoms with Crippen molar-refractivity contribution in [2.24, 2.45) is 0 Å². The highest BCUT2D eigenvalue weighted by molar-refractivity contribution is 5.10. The van der Waals surface area contributed by atoms with Gasteiger partial charge in [0.2, 0.25) is 0 Å². The Hall–Kier alpha value is -1.58. The molecule has 0 spiro atoms. The molecule has 0 atom stereocenters. The van der Waals surface area contributed by atoms with Crippen LogP contribution in [0.15, 0.2) is 12.1 Å². The van der Waals surface area contributed by atoms with Crippen LogP contribution in [-0.4, -0.2) is 19.6 Å². The maximum atomic E-state index is 4.53. The van der Waals surface area contributed by atoms with E-state index in [1.165, 1.54) is 11.4 Å². The predicted molar refractivity (Wildman–Crippen MR) is 63.4 cm³/mol. The monoisotopic (exact) mass is 218 g/mol. The van der Waals surface area contributed by atoms with Gasteiger partial charge in [-0.1, -0.05) is 6.92 Å². The second kappa shape index (κ2) is 4.12. The molecular weight excluding hydrogens is 200 g/mol. The molecule has 2 heterocycles. The van der Waals surface area contributed by atoms with Crippen molar-refractivity contribution in [3.8, 4) is 0 Å². The van der Waals surface area contributed by atoms with Crippen molar-refractivity contribution in [1.82, 2.24) is 19.6 Å². The van der Waals surface area contributed by atoms with Gasteiger partial charge in [-0.05, 0) is 39.3 Å². The highest BCUT2D eigenvalue weighted by atomic mass is 15.4. The van der Waals surface area contributed by atoms with E-state index >= 15 is 0 Å². The lowest BCUT2D eigenvalue weighted by Gasteiger charge is -2.06. The molecular formula is C12H18N4. The van der Waals surface area contributed by atoms with Crippen LogP contribution in [0.4, 0.5) is 0 Å². The zero-order valence-electron chi connectivity index (χ0n) is 10.4. The van der Waals surface area contributed by atoms with E-state index in [4.69, 9.17) is 0 Å². The summed E-state index contributed by atoms with van der Waals surface area (Å²) in [5.74, 6) is 0. The summed E-state index contributed by atoms with van der Waals surface area (Å²) in [6.07, 6.45) is 0.977. The van der Waals surface area contributed by atoms with E-state index in [-0.39, 0.29) is 0 Å². The minimum atomic E-state index is 0.700. The van der Waals surface area contributed by atoms with Gasteiger partial charge in [0.15, 0.2) is 0 Å². The van der Waals surface area contributed by atoms with E-state index in [9.17, 15) is 0 Å². The van der Waals surface area contributed by atoms with Crippen LogP contribution in [0.1, 0.15) is 29.7 Å². The van der Waals surface area contributed by atoms with Crippen molar-refractivity contribution < 1.29 is 0 Å². The molecule has 2 aromatic rings. The smallest absolute Gasteiger partial charge is 0.133 e. The van der Waals surface area contributed by atoms with Crippen LogP contribution in [0.2, 0.25) is 0 Å². The van der Waals surface area contributed by atoms with E-state index < -0.39 is 0 Å². The molecule has 0 saturated heterocycles. The molecule has 0 fully saturated rings. The number of hydrogen-bond acceptors (Lipinski definition) is 2. The average molecular weight is 218 g/mol. The zero-order chi connectivity index (χ0) is 11.7. The van der Waals surface area contributed by atoms with Crippen LogP contribution < -0.4 is 0 Å². The molecule has 0 radical (unpaired) electrons. The molecule has 0 saturated carbocycles. The highest BCUT2D eigenvalue weighted by Gasteiger charge is 2.05. The van der Waals surface area contributed by atoms with Gasteiger partial charge in [0.25, 0.3) is 0 Å². The Morgan fingerprint density at radius 1 is 1.00 bits per heavy atom. The first-order chi connectivity index (χ1) is 7.60. The van der Waals surface area contributed by atoms with E-state index in [1.54, 1.807) is 0 Å². The molecule has 0 aromatic carbocycles. The van der Waals surface area contributed by atoms with Gasteiger partial charge in [0, 0.05) is 11.4 Å². The summed E-state index contributed by atoms with van der Waals surface area (Å²) in [7, 11) is 0. The van der Waals surface area contributed by atoms with Crippen molar-refractivity contribution in [1.29, 1.82) is 0 Å². The highest BCUT2D eigenvalue weighted by Crippen LogP contribution is 2.06. The van der Waals surface area contributed by atoms with Crippen LogP contribution in [0.3, 0.4) is 0 Å².